The molecule has 0 aromatic carbocycles. The molecule has 1 aliphatic heterocycles. The van der Waals surface area contributed by atoms with E-state index in [0.717, 1.165) is 37.4 Å². The summed E-state index contributed by atoms with van der Waals surface area (Å²) in [5.41, 5.74) is 8.35. The normalized spacial score (nSPS) is 31.3. The Labute approximate surface area is 152 Å². The van der Waals surface area contributed by atoms with E-state index in [4.69, 9.17) is 15.5 Å². The fourth-order valence-corrected chi connectivity index (χ4v) is 4.15. The van der Waals surface area contributed by atoms with Crippen molar-refractivity contribution in [1.82, 2.24) is 4.98 Å². The lowest BCUT2D eigenvalue weighted by atomic mass is 9.94. The molecule has 3 rings (SSSR count). The molecule has 2 fully saturated rings. The van der Waals surface area contributed by atoms with Crippen molar-refractivity contribution in [3.05, 3.63) is 17.8 Å². The summed E-state index contributed by atoms with van der Waals surface area (Å²) < 4.78 is 5.83. The van der Waals surface area contributed by atoms with E-state index in [-0.39, 0.29) is 12.2 Å². The van der Waals surface area contributed by atoms with E-state index in [1.165, 1.54) is 31.4 Å². The Morgan fingerprint density at radius 3 is 2.32 bits per heavy atom. The molecule has 2 unspecified atom stereocenters. The average Bonchev–Trinajstić information content (AvgIpc) is 2.53. The molecule has 5 heteroatoms. The van der Waals surface area contributed by atoms with Gasteiger partial charge in [-0.2, -0.15) is 0 Å². The van der Waals surface area contributed by atoms with Gasteiger partial charge in [-0.3, -0.25) is 0 Å². The van der Waals surface area contributed by atoms with E-state index >= 15 is 0 Å². The van der Waals surface area contributed by atoms with Gasteiger partial charge < -0.3 is 20.7 Å². The highest BCUT2D eigenvalue weighted by Crippen LogP contribution is 2.25. The number of nitrogens with two attached hydrogens (primary N) is 1. The van der Waals surface area contributed by atoms with Crippen LogP contribution in [0.1, 0.15) is 58.1 Å². The van der Waals surface area contributed by atoms with Crippen molar-refractivity contribution in [2.75, 3.05) is 23.3 Å². The van der Waals surface area contributed by atoms with Gasteiger partial charge in [-0.05, 0) is 71.4 Å². The van der Waals surface area contributed by atoms with E-state index in [1.54, 1.807) is 0 Å². The van der Waals surface area contributed by atoms with E-state index < -0.39 is 0 Å². The van der Waals surface area contributed by atoms with Crippen LogP contribution >= 0.6 is 0 Å². The summed E-state index contributed by atoms with van der Waals surface area (Å²) in [6.07, 6.45) is 7.65. The molecule has 1 saturated carbocycles. The van der Waals surface area contributed by atoms with Gasteiger partial charge >= 0.3 is 0 Å². The van der Waals surface area contributed by atoms with E-state index in [9.17, 15) is 0 Å². The second kappa shape index (κ2) is 8.37. The first-order valence-electron chi connectivity index (χ1n) is 9.91. The summed E-state index contributed by atoms with van der Waals surface area (Å²) in [6.45, 7) is 8.19. The lowest BCUT2D eigenvalue weighted by Crippen LogP contribution is -2.45. The maximum Gasteiger partial charge on any atom is 0.129 e. The van der Waals surface area contributed by atoms with Crippen molar-refractivity contribution < 1.29 is 4.74 Å². The van der Waals surface area contributed by atoms with E-state index in [2.05, 4.69) is 43.1 Å². The molecule has 5 nitrogen and oxygen atoms in total. The van der Waals surface area contributed by atoms with Crippen LogP contribution in [-0.2, 0) is 4.74 Å². The average molecular weight is 347 g/mol. The third kappa shape index (κ3) is 5.08. The standard InChI is InChI=1S/C20H34N4O/c1-14-12-24(13-15(2)25-14)20-11-10-19(16(3)22-20)23-18-8-4-6-17(21)7-5-9-18/h10-11,14-15,17-18,23H,4-9,12-13,21H2,1-3H3. The summed E-state index contributed by atoms with van der Waals surface area (Å²) >= 11 is 0. The Bertz CT molecular complexity index is 545. The second-order valence-corrected chi connectivity index (χ2v) is 7.93. The van der Waals surface area contributed by atoms with Gasteiger partial charge in [0.25, 0.3) is 0 Å². The van der Waals surface area contributed by atoms with Gasteiger partial charge in [-0.1, -0.05) is 0 Å². The molecule has 25 heavy (non-hydrogen) atoms. The van der Waals surface area contributed by atoms with Crippen LogP contribution in [0, 0.1) is 6.92 Å². The number of aromatic nitrogens is 1. The van der Waals surface area contributed by atoms with Gasteiger partial charge in [0.2, 0.25) is 0 Å². The lowest BCUT2D eigenvalue weighted by Gasteiger charge is -2.36. The van der Waals surface area contributed by atoms with Crippen LogP contribution in [0.25, 0.3) is 0 Å². The molecule has 0 radical (unpaired) electrons. The van der Waals surface area contributed by atoms with Crippen molar-refractivity contribution >= 4 is 11.5 Å². The third-order valence-electron chi connectivity index (χ3n) is 5.43. The van der Waals surface area contributed by atoms with Gasteiger partial charge in [0.05, 0.1) is 23.6 Å². The number of aryl methyl sites for hydroxylation is 1. The molecule has 2 heterocycles. The monoisotopic (exact) mass is 346 g/mol. The predicted octanol–water partition coefficient (Wildman–Crippen LogP) is 3.47. The van der Waals surface area contributed by atoms with Crippen LogP contribution < -0.4 is 16.0 Å². The summed E-state index contributed by atoms with van der Waals surface area (Å²) in [5.74, 6) is 1.06. The Kier molecular flexibility index (Phi) is 6.18. The van der Waals surface area contributed by atoms with Crippen LogP contribution in [-0.4, -0.2) is 42.4 Å². The number of nitrogens with one attached hydrogen (secondary N) is 1. The van der Waals surface area contributed by atoms with Crippen LogP contribution in [0.4, 0.5) is 11.5 Å². The number of hydrogen-bond acceptors (Lipinski definition) is 5. The summed E-state index contributed by atoms with van der Waals surface area (Å²) in [5, 5.41) is 3.73. The maximum atomic E-state index is 6.09. The van der Waals surface area contributed by atoms with Crippen molar-refractivity contribution in [1.29, 1.82) is 0 Å². The minimum Gasteiger partial charge on any atom is -0.381 e. The highest BCUT2D eigenvalue weighted by atomic mass is 16.5. The van der Waals surface area contributed by atoms with Crippen molar-refractivity contribution in [2.24, 2.45) is 5.73 Å². The first-order chi connectivity index (χ1) is 12.0. The zero-order chi connectivity index (χ0) is 17.8. The molecule has 1 saturated heterocycles. The van der Waals surface area contributed by atoms with Gasteiger partial charge in [-0.25, -0.2) is 4.98 Å². The quantitative estimate of drug-likeness (QED) is 0.877. The van der Waals surface area contributed by atoms with E-state index in [0.29, 0.717) is 12.1 Å². The van der Waals surface area contributed by atoms with Gasteiger partial charge in [0, 0.05) is 25.2 Å². The number of ether oxygens (including phenoxy) is 1. The fourth-order valence-electron chi connectivity index (χ4n) is 4.15. The number of anilines is 2. The SMILES string of the molecule is Cc1nc(N2CC(C)OC(C)C2)ccc1NC1CCCC(N)CCC1. The first kappa shape index (κ1) is 18.5. The van der Waals surface area contributed by atoms with Crippen LogP contribution in [0.3, 0.4) is 0 Å². The number of rotatable bonds is 3. The number of nitrogens with zero attached hydrogens (tertiary/aromatic N) is 2. The van der Waals surface area contributed by atoms with Crippen LogP contribution in [0.2, 0.25) is 0 Å². The van der Waals surface area contributed by atoms with Gasteiger partial charge in [0.1, 0.15) is 5.82 Å². The molecule has 1 aromatic heterocycles. The minimum atomic E-state index is 0.255. The zero-order valence-electron chi connectivity index (χ0n) is 16.0. The van der Waals surface area contributed by atoms with Crippen molar-refractivity contribution in [3.63, 3.8) is 0 Å². The highest BCUT2D eigenvalue weighted by Gasteiger charge is 2.23. The predicted molar refractivity (Wildman–Crippen MR) is 104 cm³/mol. The molecule has 0 spiro atoms. The Hall–Kier alpha value is -1.33. The van der Waals surface area contributed by atoms with Crippen LogP contribution in [0.5, 0.6) is 0 Å². The first-order valence-corrected chi connectivity index (χ1v) is 9.91. The number of hydrogen-bond donors (Lipinski definition) is 2. The molecule has 2 aliphatic rings. The van der Waals surface area contributed by atoms with Crippen molar-refractivity contribution in [3.8, 4) is 0 Å². The number of pyridine rings is 1. The molecular formula is C20H34N4O. The summed E-state index contributed by atoms with van der Waals surface area (Å²) in [4.78, 5) is 7.21. The summed E-state index contributed by atoms with van der Waals surface area (Å²) in [7, 11) is 0. The van der Waals surface area contributed by atoms with Gasteiger partial charge in [0.15, 0.2) is 0 Å². The Morgan fingerprint density at radius 2 is 1.72 bits per heavy atom. The molecule has 3 N–H and O–H groups in total. The fraction of sp³-hybridized carbons (Fsp3) is 0.750. The molecule has 140 valence electrons. The summed E-state index contributed by atoms with van der Waals surface area (Å²) in [6, 6.07) is 5.30. The Morgan fingerprint density at radius 1 is 1.08 bits per heavy atom. The van der Waals surface area contributed by atoms with Gasteiger partial charge in [-0.15, -0.1) is 0 Å². The molecule has 0 amide bonds. The lowest BCUT2D eigenvalue weighted by molar-refractivity contribution is -0.00546. The molecule has 2 atom stereocenters. The minimum absolute atomic E-state index is 0.255. The van der Waals surface area contributed by atoms with Crippen LogP contribution in [0.15, 0.2) is 12.1 Å². The molecule has 0 bridgehead atoms. The third-order valence-corrected chi connectivity index (χ3v) is 5.43. The molecule has 1 aromatic rings. The smallest absolute Gasteiger partial charge is 0.129 e. The molecule has 1 aliphatic carbocycles. The molecular weight excluding hydrogens is 312 g/mol. The topological polar surface area (TPSA) is 63.4 Å². The largest absolute Gasteiger partial charge is 0.381 e. The number of morpholine rings is 1. The second-order valence-electron chi connectivity index (χ2n) is 7.93. The zero-order valence-corrected chi connectivity index (χ0v) is 16.0. The maximum absolute atomic E-state index is 6.09. The Balaban J connectivity index is 1.63. The highest BCUT2D eigenvalue weighted by molar-refractivity contribution is 5.54. The van der Waals surface area contributed by atoms with Crippen molar-refractivity contribution in [2.45, 2.75) is 83.6 Å². The van der Waals surface area contributed by atoms with E-state index in [1.807, 2.05) is 0 Å².